The lowest BCUT2D eigenvalue weighted by Gasteiger charge is -2.06. The molecule has 1 heterocycles. The van der Waals surface area contributed by atoms with Gasteiger partial charge in [0.05, 0.1) is 11.1 Å². The van der Waals surface area contributed by atoms with Crippen LogP contribution in [0.4, 0.5) is 5.69 Å². The highest BCUT2D eigenvalue weighted by molar-refractivity contribution is 5.99. The number of carbonyl (C=O) groups is 2. The second-order valence-electron chi connectivity index (χ2n) is 5.79. The molecule has 0 amide bonds. The molecular formula is C17H16N2O5. The predicted molar refractivity (Wildman–Crippen MR) is 85.1 cm³/mol. The number of aromatic nitrogens is 1. The van der Waals surface area contributed by atoms with Gasteiger partial charge < -0.3 is 9.30 Å². The first-order valence-corrected chi connectivity index (χ1v) is 7.58. The van der Waals surface area contributed by atoms with Crippen molar-refractivity contribution in [2.75, 3.05) is 6.61 Å². The number of hydrogen-bond acceptors (Lipinski definition) is 5. The summed E-state index contributed by atoms with van der Waals surface area (Å²) in [5.41, 5.74) is 2.78. The number of benzene rings is 1. The summed E-state index contributed by atoms with van der Waals surface area (Å²) in [5.74, 6) is -1.05. The molecular weight excluding hydrogens is 312 g/mol. The second-order valence-corrected chi connectivity index (χ2v) is 5.79. The quantitative estimate of drug-likeness (QED) is 0.364. The van der Waals surface area contributed by atoms with Gasteiger partial charge in [-0.1, -0.05) is 12.1 Å². The van der Waals surface area contributed by atoms with Crippen LogP contribution in [-0.2, 0) is 24.6 Å². The van der Waals surface area contributed by atoms with E-state index in [0.717, 1.165) is 25.3 Å². The van der Waals surface area contributed by atoms with Crippen molar-refractivity contribution in [2.45, 2.75) is 19.3 Å². The van der Waals surface area contributed by atoms with E-state index in [0.29, 0.717) is 5.56 Å². The Morgan fingerprint density at radius 1 is 1.25 bits per heavy atom. The number of carbonyl (C=O) groups excluding carboxylic acids is 2. The van der Waals surface area contributed by atoms with Gasteiger partial charge in [-0.2, -0.15) is 0 Å². The van der Waals surface area contributed by atoms with Crippen LogP contribution in [-0.4, -0.2) is 27.8 Å². The molecule has 124 valence electrons. The van der Waals surface area contributed by atoms with Crippen molar-refractivity contribution in [3.05, 3.63) is 63.0 Å². The Morgan fingerprint density at radius 2 is 2.00 bits per heavy atom. The number of hydrogen-bond donors (Lipinski definition) is 0. The first kappa shape index (κ1) is 15.9. The lowest BCUT2D eigenvalue weighted by molar-refractivity contribution is -0.384. The van der Waals surface area contributed by atoms with Crippen LogP contribution in [0.3, 0.4) is 0 Å². The summed E-state index contributed by atoms with van der Waals surface area (Å²) in [7, 11) is 1.51. The molecule has 0 spiro atoms. The number of nitrogens with zero attached hydrogens (tertiary/aromatic N) is 2. The number of ether oxygens (including phenoxy) is 1. The van der Waals surface area contributed by atoms with Gasteiger partial charge in [-0.3, -0.25) is 14.9 Å². The number of nitro groups is 1. The molecule has 0 radical (unpaired) electrons. The largest absolute Gasteiger partial charge is 0.453 e. The fourth-order valence-electron chi connectivity index (χ4n) is 2.88. The van der Waals surface area contributed by atoms with Crippen LogP contribution >= 0.6 is 0 Å². The van der Waals surface area contributed by atoms with Crippen LogP contribution in [0.2, 0.25) is 0 Å². The third kappa shape index (κ3) is 3.05. The van der Waals surface area contributed by atoms with Crippen molar-refractivity contribution in [1.29, 1.82) is 0 Å². The zero-order valence-electron chi connectivity index (χ0n) is 13.2. The summed E-state index contributed by atoms with van der Waals surface area (Å²) in [6.07, 6.45) is 4.31. The third-order valence-corrected chi connectivity index (χ3v) is 4.17. The van der Waals surface area contributed by atoms with Gasteiger partial charge in [0.15, 0.2) is 12.4 Å². The molecule has 0 atom stereocenters. The van der Waals surface area contributed by atoms with Gasteiger partial charge in [-0.05, 0) is 36.5 Å². The molecule has 0 bridgehead atoms. The Labute approximate surface area is 138 Å². The summed E-state index contributed by atoms with van der Waals surface area (Å²) >= 11 is 0. The van der Waals surface area contributed by atoms with E-state index >= 15 is 0 Å². The van der Waals surface area contributed by atoms with E-state index in [-0.39, 0.29) is 17.2 Å². The zero-order valence-corrected chi connectivity index (χ0v) is 13.2. The van der Waals surface area contributed by atoms with E-state index in [2.05, 4.69) is 0 Å². The molecule has 0 saturated heterocycles. The van der Waals surface area contributed by atoms with E-state index < -0.39 is 17.5 Å². The monoisotopic (exact) mass is 328 g/mol. The molecule has 7 nitrogen and oxygen atoms in total. The minimum Gasteiger partial charge on any atom is -0.453 e. The lowest BCUT2D eigenvalue weighted by Crippen LogP contribution is -2.16. The fourth-order valence-corrected chi connectivity index (χ4v) is 2.88. The van der Waals surface area contributed by atoms with Crippen LogP contribution in [0.15, 0.2) is 30.5 Å². The Bertz CT molecular complexity index is 838. The van der Waals surface area contributed by atoms with Crippen molar-refractivity contribution in [3.8, 4) is 0 Å². The van der Waals surface area contributed by atoms with Crippen molar-refractivity contribution in [3.63, 3.8) is 0 Å². The number of ketones is 1. The first-order valence-electron chi connectivity index (χ1n) is 7.58. The maximum atomic E-state index is 12.2. The molecule has 1 aromatic carbocycles. The highest BCUT2D eigenvalue weighted by atomic mass is 16.6. The van der Waals surface area contributed by atoms with Gasteiger partial charge in [0.1, 0.15) is 5.69 Å². The molecule has 0 fully saturated rings. The lowest BCUT2D eigenvalue weighted by atomic mass is 10.0. The average molecular weight is 328 g/mol. The third-order valence-electron chi connectivity index (χ3n) is 4.17. The standard InChI is InChI=1S/C17H16N2O5/c1-18-9-14(19(22)23)8-15(18)17(21)24-10-16(20)13-6-5-11-3-2-4-12(11)7-13/h5-9H,2-4,10H2,1H3. The number of rotatable bonds is 5. The number of fused-ring (bicyclic) bond motifs is 1. The van der Waals surface area contributed by atoms with E-state index in [9.17, 15) is 19.7 Å². The van der Waals surface area contributed by atoms with Gasteiger partial charge in [-0.15, -0.1) is 0 Å². The predicted octanol–water partition coefficient (Wildman–Crippen LogP) is 2.46. The van der Waals surface area contributed by atoms with Crippen molar-refractivity contribution in [1.82, 2.24) is 4.57 Å². The van der Waals surface area contributed by atoms with Crippen molar-refractivity contribution >= 4 is 17.4 Å². The average Bonchev–Trinajstić information content (AvgIpc) is 3.17. The van der Waals surface area contributed by atoms with Crippen molar-refractivity contribution < 1.29 is 19.2 Å². The van der Waals surface area contributed by atoms with E-state index in [1.807, 2.05) is 12.1 Å². The molecule has 7 heteroatoms. The number of esters is 1. The maximum Gasteiger partial charge on any atom is 0.355 e. The number of Topliss-reactive ketones (excluding diaryl/α,β-unsaturated/α-hetero) is 1. The minimum atomic E-state index is -0.764. The Kier molecular flexibility index (Phi) is 4.16. The topological polar surface area (TPSA) is 91.4 Å². The molecule has 0 unspecified atom stereocenters. The zero-order chi connectivity index (χ0) is 17.3. The second kappa shape index (κ2) is 6.27. The van der Waals surface area contributed by atoms with Crippen LogP contribution in [0.5, 0.6) is 0 Å². The van der Waals surface area contributed by atoms with Crippen LogP contribution in [0.25, 0.3) is 0 Å². The molecule has 1 aliphatic carbocycles. The van der Waals surface area contributed by atoms with Gasteiger partial charge in [-0.25, -0.2) is 4.79 Å². The Hall–Kier alpha value is -2.96. The first-order chi connectivity index (χ1) is 11.5. The molecule has 1 aromatic heterocycles. The number of aryl methyl sites for hydroxylation is 3. The minimum absolute atomic E-state index is 0.0310. The van der Waals surface area contributed by atoms with Gasteiger partial charge >= 0.3 is 5.97 Å². The van der Waals surface area contributed by atoms with Crippen LogP contribution in [0, 0.1) is 10.1 Å². The molecule has 0 N–H and O–H groups in total. The molecule has 24 heavy (non-hydrogen) atoms. The highest BCUT2D eigenvalue weighted by Gasteiger charge is 2.20. The molecule has 1 aliphatic rings. The normalized spacial score (nSPS) is 12.7. The fraction of sp³-hybridized carbons (Fsp3) is 0.294. The smallest absolute Gasteiger partial charge is 0.355 e. The van der Waals surface area contributed by atoms with E-state index in [1.54, 1.807) is 6.07 Å². The Morgan fingerprint density at radius 3 is 2.71 bits per heavy atom. The summed E-state index contributed by atoms with van der Waals surface area (Å²) in [6, 6.07) is 6.67. The van der Waals surface area contributed by atoms with Gasteiger partial charge in [0, 0.05) is 18.7 Å². The van der Waals surface area contributed by atoms with E-state index in [1.165, 1.54) is 28.9 Å². The van der Waals surface area contributed by atoms with Crippen LogP contribution in [0.1, 0.15) is 38.4 Å². The summed E-state index contributed by atoms with van der Waals surface area (Å²) in [5, 5.41) is 10.7. The molecule has 2 aromatic rings. The maximum absolute atomic E-state index is 12.2. The van der Waals surface area contributed by atoms with E-state index in [4.69, 9.17) is 4.74 Å². The summed E-state index contributed by atoms with van der Waals surface area (Å²) in [6.45, 7) is -0.392. The SMILES string of the molecule is Cn1cc([N+](=O)[O-])cc1C(=O)OCC(=O)c1ccc2c(c1)CCC2. The van der Waals surface area contributed by atoms with Crippen molar-refractivity contribution in [2.24, 2.45) is 7.05 Å². The summed E-state index contributed by atoms with van der Waals surface area (Å²) in [4.78, 5) is 34.3. The van der Waals surface area contributed by atoms with Gasteiger partial charge in [0.2, 0.25) is 0 Å². The molecule has 0 aliphatic heterocycles. The highest BCUT2D eigenvalue weighted by Crippen LogP contribution is 2.23. The van der Waals surface area contributed by atoms with Gasteiger partial charge in [0.25, 0.3) is 5.69 Å². The molecule has 0 saturated carbocycles. The summed E-state index contributed by atoms with van der Waals surface area (Å²) < 4.78 is 6.31. The van der Waals surface area contributed by atoms with Crippen LogP contribution < -0.4 is 0 Å². The Balaban J connectivity index is 1.66. The molecule has 3 rings (SSSR count).